The van der Waals surface area contributed by atoms with E-state index in [1.807, 2.05) is 0 Å². The van der Waals surface area contributed by atoms with Gasteiger partial charge in [-0.3, -0.25) is 4.79 Å². The lowest BCUT2D eigenvalue weighted by Gasteiger charge is -2.35. The number of hydrogen-bond donors (Lipinski definition) is 0. The van der Waals surface area contributed by atoms with Crippen molar-refractivity contribution in [3.63, 3.8) is 0 Å². The van der Waals surface area contributed by atoms with Crippen LogP contribution in [0.4, 0.5) is 22.4 Å². The highest BCUT2D eigenvalue weighted by Crippen LogP contribution is 2.37. The van der Waals surface area contributed by atoms with Gasteiger partial charge in [-0.2, -0.15) is 17.5 Å². The van der Waals surface area contributed by atoms with Crippen LogP contribution in [0.15, 0.2) is 36.4 Å². The van der Waals surface area contributed by atoms with Crippen LogP contribution in [0.25, 0.3) is 0 Å². The number of carbonyl (C=O) groups is 2. The third-order valence-electron chi connectivity index (χ3n) is 7.26. The van der Waals surface area contributed by atoms with Gasteiger partial charge in [0.05, 0.1) is 33.5 Å². The number of benzene rings is 2. The molecule has 0 unspecified atom stereocenters. The van der Waals surface area contributed by atoms with Gasteiger partial charge < -0.3 is 14.7 Å². The number of piperazine rings is 1. The van der Waals surface area contributed by atoms with Gasteiger partial charge in [0.1, 0.15) is 5.82 Å². The fourth-order valence-electron chi connectivity index (χ4n) is 5.07. The molecule has 2 aliphatic heterocycles. The first-order chi connectivity index (χ1) is 18.6. The molecule has 2 aromatic rings. The van der Waals surface area contributed by atoms with E-state index in [1.165, 1.54) is 21.2 Å². The van der Waals surface area contributed by atoms with Crippen molar-refractivity contribution >= 4 is 45.2 Å². The molecule has 0 aromatic heterocycles. The van der Waals surface area contributed by atoms with Crippen LogP contribution in [0.3, 0.4) is 0 Å². The second-order valence-electron chi connectivity index (χ2n) is 9.76. The SMILES string of the molecule is CN(C(=O)c1cccc(C(F)(F)F)c1F)[C@@H]1CN(C(=O)N2CCN(S(C)(=O)=O)CC2)C[C@H]1c1ccc(Cl)c(Cl)c1. The van der Waals surface area contributed by atoms with E-state index >= 15 is 0 Å². The molecule has 2 fully saturated rings. The number of amides is 3. The Morgan fingerprint density at radius 2 is 1.62 bits per heavy atom. The molecular formula is C25H26Cl2F4N4O4S. The van der Waals surface area contributed by atoms with Crippen molar-refractivity contribution < 1.29 is 35.6 Å². The second kappa shape index (κ2) is 11.3. The van der Waals surface area contributed by atoms with Crippen LogP contribution in [-0.4, -0.2) is 98.0 Å². The Bertz CT molecular complexity index is 1420. The summed E-state index contributed by atoms with van der Waals surface area (Å²) in [7, 11) is -2.06. The number of sulfonamides is 1. The van der Waals surface area contributed by atoms with E-state index in [-0.39, 0.29) is 55.3 Å². The molecule has 0 bridgehead atoms. The maximum absolute atomic E-state index is 14.8. The molecular weight excluding hydrogens is 599 g/mol. The highest BCUT2D eigenvalue weighted by atomic mass is 35.5. The molecule has 40 heavy (non-hydrogen) atoms. The minimum atomic E-state index is -4.99. The van der Waals surface area contributed by atoms with Crippen LogP contribution >= 0.6 is 23.2 Å². The molecule has 0 N–H and O–H groups in total. The molecule has 0 saturated carbocycles. The van der Waals surface area contributed by atoms with Gasteiger partial charge in [0.25, 0.3) is 5.91 Å². The number of likely N-dealkylation sites (tertiary alicyclic amines) is 1. The first kappa shape index (κ1) is 30.4. The zero-order valence-corrected chi connectivity index (χ0v) is 23.8. The van der Waals surface area contributed by atoms with Gasteiger partial charge in [-0.05, 0) is 29.8 Å². The van der Waals surface area contributed by atoms with Crippen molar-refractivity contribution in [2.45, 2.75) is 18.1 Å². The van der Waals surface area contributed by atoms with Crippen LogP contribution in [0.1, 0.15) is 27.4 Å². The molecule has 2 saturated heterocycles. The standard InChI is InChI=1S/C25H26Cl2F4N4O4S/c1-32(23(36)16-4-3-5-18(22(16)28)25(29,30)31)21-14-34(13-17(21)15-6-7-19(26)20(27)12-15)24(37)33-8-10-35(11-9-33)40(2,38)39/h3-7,12,17,21H,8-11,13-14H2,1-2H3/t17-,21+/m0/s1. The number of likely N-dealkylation sites (N-methyl/N-ethyl adjacent to an activating group) is 1. The quantitative estimate of drug-likeness (QED) is 0.473. The van der Waals surface area contributed by atoms with Gasteiger partial charge in [-0.1, -0.05) is 35.3 Å². The average molecular weight is 625 g/mol. The van der Waals surface area contributed by atoms with Crippen LogP contribution in [0.2, 0.25) is 10.0 Å². The number of urea groups is 1. The van der Waals surface area contributed by atoms with Crippen LogP contribution in [0, 0.1) is 5.82 Å². The molecule has 15 heteroatoms. The molecule has 2 heterocycles. The summed E-state index contributed by atoms with van der Waals surface area (Å²) in [5, 5.41) is 0.518. The summed E-state index contributed by atoms with van der Waals surface area (Å²) < 4.78 is 79.6. The van der Waals surface area contributed by atoms with Crippen molar-refractivity contribution in [3.05, 3.63) is 69.0 Å². The Labute approximate surface area is 239 Å². The van der Waals surface area contributed by atoms with Crippen molar-refractivity contribution in [2.24, 2.45) is 0 Å². The van der Waals surface area contributed by atoms with E-state index in [1.54, 1.807) is 18.2 Å². The summed E-state index contributed by atoms with van der Waals surface area (Å²) in [6.45, 7) is 0.704. The lowest BCUT2D eigenvalue weighted by Crippen LogP contribution is -2.53. The summed E-state index contributed by atoms with van der Waals surface area (Å²) in [5.41, 5.74) is -1.67. The maximum Gasteiger partial charge on any atom is 0.419 e. The van der Waals surface area contributed by atoms with E-state index < -0.39 is 51.0 Å². The molecule has 218 valence electrons. The molecule has 4 rings (SSSR count). The summed E-state index contributed by atoms with van der Waals surface area (Å²) in [4.78, 5) is 30.9. The number of carbonyl (C=O) groups excluding carboxylic acids is 2. The summed E-state index contributed by atoms with van der Waals surface area (Å²) >= 11 is 12.3. The second-order valence-corrected chi connectivity index (χ2v) is 12.6. The van der Waals surface area contributed by atoms with Crippen molar-refractivity contribution in [1.82, 2.24) is 19.0 Å². The number of halogens is 6. The Balaban J connectivity index is 1.62. The highest BCUT2D eigenvalue weighted by Gasteiger charge is 2.43. The number of alkyl halides is 3. The molecule has 0 spiro atoms. The monoisotopic (exact) mass is 624 g/mol. The van der Waals surface area contributed by atoms with Gasteiger partial charge in [0, 0.05) is 52.2 Å². The topological polar surface area (TPSA) is 81.2 Å². The van der Waals surface area contributed by atoms with Gasteiger partial charge >= 0.3 is 12.2 Å². The third-order valence-corrected chi connectivity index (χ3v) is 9.30. The molecule has 2 atom stereocenters. The Morgan fingerprint density at radius 3 is 2.20 bits per heavy atom. The summed E-state index contributed by atoms with van der Waals surface area (Å²) in [5.74, 6) is -3.18. The number of rotatable bonds is 4. The van der Waals surface area contributed by atoms with Gasteiger partial charge in [-0.15, -0.1) is 0 Å². The van der Waals surface area contributed by atoms with Gasteiger partial charge in [-0.25, -0.2) is 17.6 Å². The Morgan fingerprint density at radius 1 is 0.975 bits per heavy atom. The summed E-state index contributed by atoms with van der Waals surface area (Å²) in [6, 6.07) is 6.19. The van der Waals surface area contributed by atoms with Crippen molar-refractivity contribution in [3.8, 4) is 0 Å². The zero-order chi connectivity index (χ0) is 29.6. The largest absolute Gasteiger partial charge is 0.419 e. The van der Waals surface area contributed by atoms with Gasteiger partial charge in [0.15, 0.2) is 0 Å². The van der Waals surface area contributed by atoms with E-state index in [4.69, 9.17) is 23.2 Å². The Kier molecular flexibility index (Phi) is 8.61. The first-order valence-electron chi connectivity index (χ1n) is 12.2. The number of hydrogen-bond acceptors (Lipinski definition) is 4. The minimum Gasteiger partial charge on any atom is -0.336 e. The molecule has 0 aliphatic carbocycles. The number of nitrogens with zero attached hydrogens (tertiary/aromatic N) is 4. The fourth-order valence-corrected chi connectivity index (χ4v) is 6.21. The predicted octanol–water partition coefficient (Wildman–Crippen LogP) is 4.39. The average Bonchev–Trinajstić information content (AvgIpc) is 3.33. The summed E-state index contributed by atoms with van der Waals surface area (Å²) in [6.07, 6.45) is -3.89. The lowest BCUT2D eigenvalue weighted by molar-refractivity contribution is -0.140. The third kappa shape index (κ3) is 6.17. The minimum absolute atomic E-state index is 0.00113. The van der Waals surface area contributed by atoms with Crippen LogP contribution in [0.5, 0.6) is 0 Å². The first-order valence-corrected chi connectivity index (χ1v) is 14.8. The smallest absolute Gasteiger partial charge is 0.336 e. The highest BCUT2D eigenvalue weighted by molar-refractivity contribution is 7.88. The predicted molar refractivity (Wildman–Crippen MR) is 141 cm³/mol. The van der Waals surface area contributed by atoms with Crippen molar-refractivity contribution in [1.29, 1.82) is 0 Å². The normalized spacial score (nSPS) is 20.6. The Hall–Kier alpha value is -2.61. The van der Waals surface area contributed by atoms with E-state index in [0.29, 0.717) is 11.6 Å². The fraction of sp³-hybridized carbons (Fsp3) is 0.440. The van der Waals surface area contributed by atoms with E-state index in [0.717, 1.165) is 23.3 Å². The van der Waals surface area contributed by atoms with Crippen molar-refractivity contribution in [2.75, 3.05) is 52.6 Å². The molecule has 0 radical (unpaired) electrons. The lowest BCUT2D eigenvalue weighted by atomic mass is 9.93. The zero-order valence-electron chi connectivity index (χ0n) is 21.5. The molecule has 3 amide bonds. The van der Waals surface area contributed by atoms with Crippen LogP contribution in [-0.2, 0) is 16.2 Å². The molecule has 8 nitrogen and oxygen atoms in total. The van der Waals surface area contributed by atoms with Crippen LogP contribution < -0.4 is 0 Å². The van der Waals surface area contributed by atoms with Gasteiger partial charge in [0.2, 0.25) is 10.0 Å². The molecule has 2 aromatic carbocycles. The molecule has 2 aliphatic rings. The maximum atomic E-state index is 14.8. The van der Waals surface area contributed by atoms with E-state index in [9.17, 15) is 35.6 Å². The van der Waals surface area contributed by atoms with E-state index in [2.05, 4.69) is 0 Å².